The molecule has 2 heterocycles. The quantitative estimate of drug-likeness (QED) is 0.168. The fourth-order valence-electron chi connectivity index (χ4n) is 4.62. The molecule has 2 aliphatic rings. The zero-order valence-corrected chi connectivity index (χ0v) is 22.8. The maximum Gasteiger partial charge on any atom is 0.307 e. The molecule has 39 heavy (non-hydrogen) atoms. The van der Waals surface area contributed by atoms with Crippen LogP contribution in [-0.2, 0) is 11.2 Å². The van der Waals surface area contributed by atoms with Crippen molar-refractivity contribution in [2.45, 2.75) is 47.0 Å². The highest BCUT2D eigenvalue weighted by atomic mass is 16.5. The summed E-state index contributed by atoms with van der Waals surface area (Å²) < 4.78 is 12.2. The number of carbonyl (C=O) groups is 1. The number of hydrogen-bond acceptors (Lipinski definition) is 6. The van der Waals surface area contributed by atoms with E-state index < -0.39 is 5.97 Å². The van der Waals surface area contributed by atoms with Crippen LogP contribution in [0, 0.1) is 11.3 Å². The van der Waals surface area contributed by atoms with Crippen molar-refractivity contribution in [1.82, 2.24) is 4.98 Å². The van der Waals surface area contributed by atoms with Crippen molar-refractivity contribution in [1.29, 1.82) is 5.41 Å². The number of pyridine rings is 1. The molecule has 1 aromatic carbocycles. The van der Waals surface area contributed by atoms with Gasteiger partial charge in [-0.05, 0) is 81.0 Å². The summed E-state index contributed by atoms with van der Waals surface area (Å²) in [5.41, 5.74) is 5.87. The molecule has 0 amide bonds. The van der Waals surface area contributed by atoms with Crippen molar-refractivity contribution in [2.24, 2.45) is 5.92 Å². The van der Waals surface area contributed by atoms with Gasteiger partial charge in [-0.3, -0.25) is 10.2 Å². The number of rotatable bonds is 10. The number of carboxylic acids is 1. The number of nitrogens with zero attached hydrogens (tertiary/aromatic N) is 1. The molecule has 202 valence electrons. The minimum Gasteiger partial charge on any atom is -0.512 e. The topological polar surface area (TPSA) is 113 Å². The van der Waals surface area contributed by atoms with Gasteiger partial charge in [0.25, 0.3) is 0 Å². The lowest BCUT2D eigenvalue weighted by atomic mass is 9.92. The Kier molecular flexibility index (Phi) is 8.19. The molecule has 0 bridgehead atoms. The summed E-state index contributed by atoms with van der Waals surface area (Å²) in [4.78, 5) is 15.8. The maximum absolute atomic E-state index is 11.1. The van der Waals surface area contributed by atoms with Crippen molar-refractivity contribution in [3.8, 4) is 17.4 Å². The van der Waals surface area contributed by atoms with Gasteiger partial charge in [-0.1, -0.05) is 30.9 Å². The summed E-state index contributed by atoms with van der Waals surface area (Å²) >= 11 is 0. The minimum atomic E-state index is -0.906. The Hall–Kier alpha value is -4.39. The maximum atomic E-state index is 11.1. The molecule has 1 aromatic heterocycles. The molecule has 2 aromatic rings. The summed E-state index contributed by atoms with van der Waals surface area (Å²) in [7, 11) is 0. The van der Waals surface area contributed by atoms with E-state index in [0.29, 0.717) is 39.8 Å². The van der Waals surface area contributed by atoms with Gasteiger partial charge in [0, 0.05) is 23.1 Å². The molecule has 0 radical (unpaired) electrons. The third-order valence-corrected chi connectivity index (χ3v) is 6.66. The Labute approximate surface area is 229 Å². The second kappa shape index (κ2) is 11.6. The molecule has 1 saturated carbocycles. The summed E-state index contributed by atoms with van der Waals surface area (Å²) in [5.74, 6) is 0.750. The highest BCUT2D eigenvalue weighted by Crippen LogP contribution is 2.39. The largest absolute Gasteiger partial charge is 0.512 e. The Morgan fingerprint density at radius 1 is 1.21 bits per heavy atom. The van der Waals surface area contributed by atoms with Crippen LogP contribution in [0.4, 0.5) is 0 Å². The lowest BCUT2D eigenvalue weighted by Crippen LogP contribution is -2.18. The number of allylic oxidation sites excluding steroid dienone is 7. The van der Waals surface area contributed by atoms with Gasteiger partial charge in [0.1, 0.15) is 23.8 Å². The zero-order chi connectivity index (χ0) is 28.3. The number of fused-ring (bicyclic) bond motifs is 2. The molecule has 1 fully saturated rings. The van der Waals surface area contributed by atoms with Crippen molar-refractivity contribution < 1.29 is 24.5 Å². The number of ether oxygens (including phenoxy) is 2. The van der Waals surface area contributed by atoms with Crippen LogP contribution < -0.4 is 9.47 Å². The number of aliphatic hydroxyl groups is 1. The average Bonchev–Trinajstić information content (AvgIpc) is 3.72. The van der Waals surface area contributed by atoms with Crippen molar-refractivity contribution in [3.05, 3.63) is 93.9 Å². The average molecular weight is 527 g/mol. The second-order valence-corrected chi connectivity index (χ2v) is 10.0. The third kappa shape index (κ3) is 6.37. The third-order valence-electron chi connectivity index (χ3n) is 6.66. The Balaban J connectivity index is 1.62. The van der Waals surface area contributed by atoms with Crippen LogP contribution in [-0.4, -0.2) is 33.5 Å². The predicted octanol–water partition coefficient (Wildman–Crippen LogP) is 7.46. The van der Waals surface area contributed by atoms with Gasteiger partial charge in [-0.25, -0.2) is 4.98 Å². The van der Waals surface area contributed by atoms with Crippen LogP contribution in [0.5, 0.6) is 17.4 Å². The molecule has 7 heteroatoms. The molecule has 7 nitrogen and oxygen atoms in total. The zero-order valence-electron chi connectivity index (χ0n) is 22.8. The minimum absolute atomic E-state index is 0.0186. The lowest BCUT2D eigenvalue weighted by Gasteiger charge is -2.18. The first-order chi connectivity index (χ1) is 18.6. The van der Waals surface area contributed by atoms with Gasteiger partial charge < -0.3 is 19.7 Å². The summed E-state index contributed by atoms with van der Waals surface area (Å²) in [6.45, 7) is 11.7. The number of aromatic nitrogens is 1. The van der Waals surface area contributed by atoms with Crippen molar-refractivity contribution >= 4 is 23.3 Å². The van der Waals surface area contributed by atoms with E-state index in [1.54, 1.807) is 24.3 Å². The first kappa shape index (κ1) is 27.6. The van der Waals surface area contributed by atoms with Crippen molar-refractivity contribution in [2.75, 3.05) is 6.61 Å². The van der Waals surface area contributed by atoms with Crippen LogP contribution in [0.25, 0.3) is 11.6 Å². The SMILES string of the molecule is C=C(C)/C(C(=N)/C(COc1ccc2c(n1)C(C)=Cc1ccc(CC(=O)O)cc1O2)=C(\O)C1CC1)=C(C)\C=C/C. The highest BCUT2D eigenvalue weighted by molar-refractivity contribution is 6.14. The molecule has 1 aliphatic carbocycles. The Bertz CT molecular complexity index is 1470. The number of hydrogen-bond donors (Lipinski definition) is 3. The first-order valence-electron chi connectivity index (χ1n) is 12.9. The Morgan fingerprint density at radius 3 is 2.59 bits per heavy atom. The first-order valence-corrected chi connectivity index (χ1v) is 12.9. The normalized spacial score (nSPS) is 15.6. The van der Waals surface area contributed by atoms with Gasteiger partial charge >= 0.3 is 5.97 Å². The predicted molar refractivity (Wildman–Crippen MR) is 154 cm³/mol. The van der Waals surface area contributed by atoms with E-state index in [9.17, 15) is 9.90 Å². The van der Waals surface area contributed by atoms with Crippen LogP contribution in [0.15, 0.2) is 77.1 Å². The lowest BCUT2D eigenvalue weighted by molar-refractivity contribution is -0.136. The molecule has 1 aliphatic heterocycles. The fraction of sp³-hybridized carbons (Fsp3) is 0.281. The van der Waals surface area contributed by atoms with Gasteiger partial charge in [0.2, 0.25) is 5.88 Å². The van der Waals surface area contributed by atoms with Gasteiger partial charge in [-0.15, -0.1) is 0 Å². The number of carboxylic acid groups (broad SMARTS) is 1. The molecular weight excluding hydrogens is 492 g/mol. The molecule has 0 atom stereocenters. The standard InChI is InChI=1S/C32H34N2O5/c1-6-7-19(4)29(18(2)3)30(33)24(32(37)22-10-11-22)17-38-27-13-12-25-31(34-27)20(5)14-23-9-8-21(16-28(35)36)15-26(23)39-25/h6-9,12-15,22,33,37H,2,10-11,16-17H2,1,3-5H3,(H,35,36)/b7-6-,29-19+,32-24-,33-30?. The van der Waals surface area contributed by atoms with E-state index >= 15 is 0 Å². The van der Waals surface area contributed by atoms with E-state index in [0.717, 1.165) is 35.1 Å². The van der Waals surface area contributed by atoms with E-state index in [1.807, 2.05) is 52.0 Å². The van der Waals surface area contributed by atoms with Crippen LogP contribution in [0.3, 0.4) is 0 Å². The van der Waals surface area contributed by atoms with Gasteiger partial charge in [-0.2, -0.15) is 0 Å². The fourth-order valence-corrected chi connectivity index (χ4v) is 4.62. The summed E-state index contributed by atoms with van der Waals surface area (Å²) in [6.07, 6.45) is 7.46. The molecule has 0 spiro atoms. The van der Waals surface area contributed by atoms with E-state index in [4.69, 9.17) is 20.0 Å². The molecule has 0 saturated heterocycles. The van der Waals surface area contributed by atoms with E-state index in [2.05, 4.69) is 11.6 Å². The van der Waals surface area contributed by atoms with E-state index in [-0.39, 0.29) is 30.4 Å². The molecule has 3 N–H and O–H groups in total. The Morgan fingerprint density at radius 2 is 1.95 bits per heavy atom. The van der Waals surface area contributed by atoms with Crippen LogP contribution in [0.1, 0.15) is 57.4 Å². The van der Waals surface area contributed by atoms with Gasteiger partial charge in [0.05, 0.1) is 17.7 Å². The number of benzene rings is 1. The monoisotopic (exact) mass is 526 g/mol. The summed E-state index contributed by atoms with van der Waals surface area (Å²) in [5, 5.41) is 29.1. The van der Waals surface area contributed by atoms with E-state index in [1.165, 1.54) is 0 Å². The second-order valence-electron chi connectivity index (χ2n) is 10.0. The molecule has 4 rings (SSSR count). The van der Waals surface area contributed by atoms with Gasteiger partial charge in [0.15, 0.2) is 5.75 Å². The van der Waals surface area contributed by atoms with Crippen LogP contribution >= 0.6 is 0 Å². The summed E-state index contributed by atoms with van der Waals surface area (Å²) in [6, 6.07) is 8.80. The number of aliphatic carboxylic acids is 1. The molecular formula is C32H34N2O5. The van der Waals surface area contributed by atoms with Crippen molar-refractivity contribution in [3.63, 3.8) is 0 Å². The number of aliphatic hydroxyl groups excluding tert-OH is 1. The van der Waals surface area contributed by atoms with Crippen LogP contribution in [0.2, 0.25) is 0 Å². The molecule has 0 unspecified atom stereocenters. The smallest absolute Gasteiger partial charge is 0.307 e. The highest BCUT2D eigenvalue weighted by Gasteiger charge is 2.31. The number of nitrogens with one attached hydrogen (secondary N) is 1.